The van der Waals surface area contributed by atoms with E-state index in [1.165, 1.54) is 0 Å². The van der Waals surface area contributed by atoms with Gasteiger partial charge in [0.2, 0.25) is 6.79 Å². The molecule has 0 bridgehead atoms. The molecular formula is C12H12BrNO3. The number of hydrogen-bond donors (Lipinski definition) is 1. The Labute approximate surface area is 107 Å². The van der Waals surface area contributed by atoms with Crippen LogP contribution in [0, 0.1) is 0 Å². The van der Waals surface area contributed by atoms with Gasteiger partial charge < -0.3 is 15.2 Å². The van der Waals surface area contributed by atoms with Crippen LogP contribution < -0.4 is 15.2 Å². The monoisotopic (exact) mass is 297 g/mol. The van der Waals surface area contributed by atoms with Gasteiger partial charge in [-0.25, -0.2) is 0 Å². The number of carbonyl (C=O) groups is 1. The van der Waals surface area contributed by atoms with E-state index in [2.05, 4.69) is 15.9 Å². The number of carbonyl (C=O) groups excluding carboxylic acids is 1. The summed E-state index contributed by atoms with van der Waals surface area (Å²) in [5.74, 6) is 1.15. The second-order valence-corrected chi connectivity index (χ2v) is 5.37. The maximum atomic E-state index is 11.0. The third kappa shape index (κ3) is 1.49. The Morgan fingerprint density at radius 1 is 1.35 bits per heavy atom. The van der Waals surface area contributed by atoms with Gasteiger partial charge in [-0.1, -0.05) is 15.9 Å². The molecule has 90 valence electrons. The number of benzene rings is 1. The molecular weight excluding hydrogens is 286 g/mol. The van der Waals surface area contributed by atoms with Crippen LogP contribution in [0.15, 0.2) is 10.5 Å². The highest BCUT2D eigenvalue weighted by molar-refractivity contribution is 9.10. The van der Waals surface area contributed by atoms with Crippen molar-refractivity contribution in [2.45, 2.75) is 24.8 Å². The van der Waals surface area contributed by atoms with Crippen LogP contribution in [0.25, 0.3) is 0 Å². The molecule has 1 aromatic rings. The molecule has 0 radical (unpaired) electrons. The van der Waals surface area contributed by atoms with Crippen molar-refractivity contribution in [2.75, 3.05) is 6.79 Å². The SMILES string of the molecule is NC1(c2c(Br)cc(C=O)c3c2OCO3)CCC1. The zero-order chi connectivity index (χ0) is 12.0. The molecule has 0 unspecified atom stereocenters. The molecule has 1 fully saturated rings. The standard InChI is InChI=1S/C12H12BrNO3/c13-8-4-7(5-15)10-11(17-6-16-10)9(8)12(14)2-1-3-12/h4-5H,1-3,6,14H2. The summed E-state index contributed by atoms with van der Waals surface area (Å²) in [6.07, 6.45) is 3.75. The highest BCUT2D eigenvalue weighted by Crippen LogP contribution is 2.51. The van der Waals surface area contributed by atoms with Crippen molar-refractivity contribution in [3.63, 3.8) is 0 Å². The van der Waals surface area contributed by atoms with E-state index in [1.807, 2.05) is 0 Å². The number of halogens is 1. The summed E-state index contributed by atoms with van der Waals surface area (Å²) in [4.78, 5) is 11.0. The van der Waals surface area contributed by atoms with Crippen molar-refractivity contribution in [1.29, 1.82) is 0 Å². The fourth-order valence-electron chi connectivity index (χ4n) is 2.42. The van der Waals surface area contributed by atoms with Gasteiger partial charge in [-0.05, 0) is 25.3 Å². The molecule has 1 aliphatic carbocycles. The molecule has 0 amide bonds. The van der Waals surface area contributed by atoms with Crippen LogP contribution in [0.3, 0.4) is 0 Å². The van der Waals surface area contributed by atoms with E-state index in [0.29, 0.717) is 17.1 Å². The third-order valence-corrected chi connectivity index (χ3v) is 4.12. The van der Waals surface area contributed by atoms with Gasteiger partial charge in [-0.15, -0.1) is 0 Å². The van der Waals surface area contributed by atoms with Crippen molar-refractivity contribution < 1.29 is 14.3 Å². The molecule has 3 rings (SSSR count). The lowest BCUT2D eigenvalue weighted by Gasteiger charge is -2.39. The normalized spacial score (nSPS) is 19.9. The maximum Gasteiger partial charge on any atom is 0.231 e. The van der Waals surface area contributed by atoms with E-state index < -0.39 is 0 Å². The Balaban J connectivity index is 2.22. The summed E-state index contributed by atoms with van der Waals surface area (Å²) >= 11 is 3.48. The molecule has 2 N–H and O–H groups in total. The lowest BCUT2D eigenvalue weighted by Crippen LogP contribution is -2.43. The highest BCUT2D eigenvalue weighted by atomic mass is 79.9. The van der Waals surface area contributed by atoms with Gasteiger partial charge in [0, 0.05) is 15.6 Å². The van der Waals surface area contributed by atoms with Crippen molar-refractivity contribution in [1.82, 2.24) is 0 Å². The topological polar surface area (TPSA) is 61.6 Å². The van der Waals surface area contributed by atoms with Crippen LogP contribution in [0.2, 0.25) is 0 Å². The first-order valence-corrected chi connectivity index (χ1v) is 6.32. The molecule has 5 heteroatoms. The fraction of sp³-hybridized carbons (Fsp3) is 0.417. The third-order valence-electron chi connectivity index (χ3n) is 3.49. The van der Waals surface area contributed by atoms with E-state index >= 15 is 0 Å². The number of rotatable bonds is 2. The minimum absolute atomic E-state index is 0.149. The molecule has 0 atom stereocenters. The molecule has 0 saturated heterocycles. The predicted molar refractivity (Wildman–Crippen MR) is 65.4 cm³/mol. The van der Waals surface area contributed by atoms with Gasteiger partial charge in [0.05, 0.1) is 5.56 Å². The second kappa shape index (κ2) is 3.71. The van der Waals surface area contributed by atoms with E-state index in [-0.39, 0.29) is 12.3 Å². The van der Waals surface area contributed by atoms with Crippen LogP contribution in [-0.2, 0) is 5.54 Å². The molecule has 4 nitrogen and oxygen atoms in total. The van der Waals surface area contributed by atoms with Gasteiger partial charge in [-0.2, -0.15) is 0 Å². The quantitative estimate of drug-likeness (QED) is 0.851. The second-order valence-electron chi connectivity index (χ2n) is 4.51. The number of fused-ring (bicyclic) bond motifs is 1. The molecule has 0 spiro atoms. The average Bonchev–Trinajstić information content (AvgIpc) is 2.73. The molecule has 17 heavy (non-hydrogen) atoms. The number of ether oxygens (including phenoxy) is 2. The van der Waals surface area contributed by atoms with E-state index in [9.17, 15) is 4.79 Å². The van der Waals surface area contributed by atoms with Gasteiger partial charge >= 0.3 is 0 Å². The van der Waals surface area contributed by atoms with Crippen molar-refractivity contribution >= 4 is 22.2 Å². The van der Waals surface area contributed by atoms with Gasteiger partial charge in [-0.3, -0.25) is 4.79 Å². The number of hydrogen-bond acceptors (Lipinski definition) is 4. The van der Waals surface area contributed by atoms with E-state index in [4.69, 9.17) is 15.2 Å². The van der Waals surface area contributed by atoms with Crippen LogP contribution in [0.4, 0.5) is 0 Å². The van der Waals surface area contributed by atoms with Crippen molar-refractivity contribution in [3.8, 4) is 11.5 Å². The van der Waals surface area contributed by atoms with Gasteiger partial charge in [0.25, 0.3) is 0 Å². The number of aldehydes is 1. The van der Waals surface area contributed by atoms with Gasteiger partial charge in [0.1, 0.15) is 0 Å². The lowest BCUT2D eigenvalue weighted by molar-refractivity contribution is 0.111. The van der Waals surface area contributed by atoms with Crippen LogP contribution in [-0.4, -0.2) is 13.1 Å². The zero-order valence-corrected chi connectivity index (χ0v) is 10.7. The highest BCUT2D eigenvalue weighted by Gasteiger charge is 2.41. The molecule has 1 aliphatic heterocycles. The summed E-state index contributed by atoms with van der Waals surface area (Å²) in [5.41, 5.74) is 7.42. The molecule has 0 aromatic heterocycles. The first-order valence-electron chi connectivity index (χ1n) is 5.52. The molecule has 2 aliphatic rings. The Hall–Kier alpha value is -1.07. The Morgan fingerprint density at radius 2 is 2.06 bits per heavy atom. The van der Waals surface area contributed by atoms with Crippen molar-refractivity contribution in [2.24, 2.45) is 5.73 Å². The summed E-state index contributed by atoms with van der Waals surface area (Å²) in [5, 5.41) is 0. The smallest absolute Gasteiger partial charge is 0.231 e. The summed E-state index contributed by atoms with van der Waals surface area (Å²) < 4.78 is 11.7. The number of nitrogens with two attached hydrogens (primary N) is 1. The van der Waals surface area contributed by atoms with Crippen LogP contribution in [0.1, 0.15) is 35.2 Å². The Kier molecular flexibility index (Phi) is 2.41. The molecule has 1 heterocycles. The largest absolute Gasteiger partial charge is 0.453 e. The zero-order valence-electron chi connectivity index (χ0n) is 9.16. The minimum Gasteiger partial charge on any atom is -0.453 e. The Morgan fingerprint density at radius 3 is 2.65 bits per heavy atom. The lowest BCUT2D eigenvalue weighted by atomic mass is 9.72. The van der Waals surface area contributed by atoms with Crippen LogP contribution >= 0.6 is 15.9 Å². The average molecular weight is 298 g/mol. The van der Waals surface area contributed by atoms with Crippen LogP contribution in [0.5, 0.6) is 11.5 Å². The van der Waals surface area contributed by atoms with Gasteiger partial charge in [0.15, 0.2) is 17.8 Å². The fourth-order valence-corrected chi connectivity index (χ4v) is 3.24. The van der Waals surface area contributed by atoms with E-state index in [1.54, 1.807) is 6.07 Å². The first kappa shape index (κ1) is 11.0. The predicted octanol–water partition coefficient (Wildman–Crippen LogP) is 2.33. The Bertz CT molecular complexity index is 497. The molecule has 1 aromatic carbocycles. The maximum absolute atomic E-state index is 11.0. The first-order chi connectivity index (χ1) is 8.15. The van der Waals surface area contributed by atoms with Crippen molar-refractivity contribution in [3.05, 3.63) is 21.7 Å². The minimum atomic E-state index is -0.349. The summed E-state index contributed by atoms with van der Waals surface area (Å²) in [7, 11) is 0. The summed E-state index contributed by atoms with van der Waals surface area (Å²) in [6.45, 7) is 0.149. The van der Waals surface area contributed by atoms with E-state index in [0.717, 1.165) is 35.6 Å². The molecule has 1 saturated carbocycles. The summed E-state index contributed by atoms with van der Waals surface area (Å²) in [6, 6.07) is 1.75.